The summed E-state index contributed by atoms with van der Waals surface area (Å²) in [6.45, 7) is 4.84. The first-order valence-corrected chi connectivity index (χ1v) is 12.7. The molecule has 3 aliphatic carbocycles. The minimum Gasteiger partial charge on any atom is -0.339 e. The third kappa shape index (κ3) is 6.10. The zero-order valence-electron chi connectivity index (χ0n) is 18.4. The van der Waals surface area contributed by atoms with Crippen molar-refractivity contribution in [2.75, 3.05) is 6.54 Å². The zero-order valence-corrected chi connectivity index (χ0v) is 18.4. The Hall–Kier alpha value is -0.790. The van der Waals surface area contributed by atoms with E-state index >= 15 is 0 Å². The molecule has 3 aliphatic rings. The van der Waals surface area contributed by atoms with Crippen molar-refractivity contribution in [2.45, 2.75) is 122 Å². The van der Waals surface area contributed by atoms with Crippen LogP contribution in [0.5, 0.6) is 0 Å². The molecule has 0 N–H and O–H groups in total. The van der Waals surface area contributed by atoms with E-state index in [-0.39, 0.29) is 0 Å². The van der Waals surface area contributed by atoms with Gasteiger partial charge in [-0.25, -0.2) is 0 Å². The summed E-state index contributed by atoms with van der Waals surface area (Å²) < 4.78 is 0. The standard InChI is InChI=1S/C26H45NO/c1-2-3-4-5-6-7-13-21-27(23-17-9-8-10-18-23)26(28)25-20-14-16-22-15-11-12-19-24(22)25/h2,22-25H,1,3-21H2. The molecule has 0 aromatic rings. The number of hydrogen-bond acceptors (Lipinski definition) is 1. The molecule has 3 rings (SSSR count). The predicted molar refractivity (Wildman–Crippen MR) is 119 cm³/mol. The number of allylic oxidation sites excluding steroid dienone is 1. The maximum atomic E-state index is 13.8. The third-order valence-electron chi connectivity index (χ3n) is 8.00. The van der Waals surface area contributed by atoms with Crippen LogP contribution in [0.15, 0.2) is 12.7 Å². The van der Waals surface area contributed by atoms with Crippen LogP contribution in [0.25, 0.3) is 0 Å². The molecule has 1 amide bonds. The van der Waals surface area contributed by atoms with Crippen molar-refractivity contribution >= 4 is 5.91 Å². The average molecular weight is 388 g/mol. The maximum absolute atomic E-state index is 13.8. The first kappa shape index (κ1) is 21.9. The van der Waals surface area contributed by atoms with E-state index in [9.17, 15) is 4.79 Å². The minimum absolute atomic E-state index is 0.355. The van der Waals surface area contributed by atoms with Gasteiger partial charge < -0.3 is 4.90 Å². The number of carbonyl (C=O) groups excluding carboxylic acids is 1. The van der Waals surface area contributed by atoms with Gasteiger partial charge in [-0.2, -0.15) is 0 Å². The number of rotatable bonds is 10. The maximum Gasteiger partial charge on any atom is 0.226 e. The molecule has 3 saturated carbocycles. The number of unbranched alkanes of at least 4 members (excludes halogenated alkanes) is 5. The van der Waals surface area contributed by atoms with Gasteiger partial charge in [0.05, 0.1) is 0 Å². The molecule has 3 fully saturated rings. The molecule has 3 atom stereocenters. The van der Waals surface area contributed by atoms with Gasteiger partial charge in [0.1, 0.15) is 0 Å². The van der Waals surface area contributed by atoms with E-state index in [2.05, 4.69) is 11.5 Å². The lowest BCUT2D eigenvalue weighted by atomic mass is 9.65. The molecule has 0 aliphatic heterocycles. The molecule has 2 heteroatoms. The molecule has 0 aromatic carbocycles. The molecule has 0 saturated heterocycles. The Labute approximate surface area is 174 Å². The van der Waals surface area contributed by atoms with Crippen LogP contribution in [0.2, 0.25) is 0 Å². The van der Waals surface area contributed by atoms with Gasteiger partial charge in [0.15, 0.2) is 0 Å². The number of fused-ring (bicyclic) bond motifs is 1. The van der Waals surface area contributed by atoms with Crippen molar-refractivity contribution < 1.29 is 4.79 Å². The van der Waals surface area contributed by atoms with Crippen molar-refractivity contribution in [3.05, 3.63) is 12.7 Å². The zero-order chi connectivity index (χ0) is 19.6. The third-order valence-corrected chi connectivity index (χ3v) is 8.00. The Morgan fingerprint density at radius 2 is 1.46 bits per heavy atom. The summed E-state index contributed by atoms with van der Waals surface area (Å²) in [6.07, 6.45) is 25.4. The fourth-order valence-corrected chi connectivity index (χ4v) is 6.42. The van der Waals surface area contributed by atoms with Gasteiger partial charge in [0.25, 0.3) is 0 Å². The van der Waals surface area contributed by atoms with E-state index in [4.69, 9.17) is 0 Å². The van der Waals surface area contributed by atoms with Crippen LogP contribution in [-0.2, 0) is 4.79 Å². The van der Waals surface area contributed by atoms with Crippen LogP contribution in [0.4, 0.5) is 0 Å². The lowest BCUT2D eigenvalue weighted by molar-refractivity contribution is -0.143. The molecule has 0 bridgehead atoms. The number of amides is 1. The fraction of sp³-hybridized carbons (Fsp3) is 0.885. The Bertz CT molecular complexity index is 465. The van der Waals surface area contributed by atoms with Crippen LogP contribution in [-0.4, -0.2) is 23.4 Å². The largest absolute Gasteiger partial charge is 0.339 e. The second-order valence-electron chi connectivity index (χ2n) is 9.91. The molecule has 0 radical (unpaired) electrons. The van der Waals surface area contributed by atoms with Gasteiger partial charge >= 0.3 is 0 Å². The van der Waals surface area contributed by atoms with Crippen molar-refractivity contribution in [3.8, 4) is 0 Å². The van der Waals surface area contributed by atoms with Gasteiger partial charge in [0, 0.05) is 18.5 Å². The van der Waals surface area contributed by atoms with Crippen LogP contribution < -0.4 is 0 Å². The molecule has 0 spiro atoms. The monoisotopic (exact) mass is 387 g/mol. The van der Waals surface area contributed by atoms with E-state index in [1.165, 1.54) is 109 Å². The summed E-state index contributed by atoms with van der Waals surface area (Å²) >= 11 is 0. The van der Waals surface area contributed by atoms with Crippen molar-refractivity contribution in [2.24, 2.45) is 17.8 Å². The highest BCUT2D eigenvalue weighted by molar-refractivity contribution is 5.79. The average Bonchev–Trinajstić information content (AvgIpc) is 2.75. The van der Waals surface area contributed by atoms with Gasteiger partial charge in [-0.1, -0.05) is 76.7 Å². The van der Waals surface area contributed by atoms with Crippen LogP contribution in [0.3, 0.4) is 0 Å². The van der Waals surface area contributed by atoms with E-state index in [1.54, 1.807) is 0 Å². The van der Waals surface area contributed by atoms with Gasteiger partial charge in [-0.05, 0) is 56.8 Å². The lowest BCUT2D eigenvalue weighted by Crippen LogP contribution is -2.48. The smallest absolute Gasteiger partial charge is 0.226 e. The highest BCUT2D eigenvalue weighted by Crippen LogP contribution is 2.45. The number of hydrogen-bond donors (Lipinski definition) is 0. The molecule has 0 heterocycles. The van der Waals surface area contributed by atoms with Crippen molar-refractivity contribution in [1.29, 1.82) is 0 Å². The molecular formula is C26H45NO. The topological polar surface area (TPSA) is 20.3 Å². The summed E-state index contributed by atoms with van der Waals surface area (Å²) in [7, 11) is 0. The first-order valence-electron chi connectivity index (χ1n) is 12.7. The van der Waals surface area contributed by atoms with E-state index in [0.29, 0.717) is 23.8 Å². The molecular weight excluding hydrogens is 342 g/mol. The normalized spacial score (nSPS) is 28.5. The minimum atomic E-state index is 0.355. The van der Waals surface area contributed by atoms with Crippen molar-refractivity contribution in [3.63, 3.8) is 0 Å². The van der Waals surface area contributed by atoms with Crippen LogP contribution in [0, 0.1) is 17.8 Å². The summed E-state index contributed by atoms with van der Waals surface area (Å²) in [4.78, 5) is 16.2. The quantitative estimate of drug-likeness (QED) is 0.285. The molecule has 160 valence electrons. The number of carbonyl (C=O) groups is 1. The summed E-state index contributed by atoms with van der Waals surface area (Å²) in [5, 5.41) is 0. The summed E-state index contributed by atoms with van der Waals surface area (Å²) in [5.41, 5.74) is 0. The van der Waals surface area contributed by atoms with Crippen LogP contribution in [0.1, 0.15) is 116 Å². The van der Waals surface area contributed by atoms with Crippen LogP contribution >= 0.6 is 0 Å². The summed E-state index contributed by atoms with van der Waals surface area (Å²) in [6, 6.07) is 0.547. The second kappa shape index (κ2) is 12.0. The molecule has 2 nitrogen and oxygen atoms in total. The predicted octanol–water partition coefficient (Wildman–Crippen LogP) is 7.28. The summed E-state index contributed by atoms with van der Waals surface area (Å²) in [5.74, 6) is 2.48. The van der Waals surface area contributed by atoms with E-state index in [1.807, 2.05) is 6.08 Å². The van der Waals surface area contributed by atoms with Gasteiger partial charge in [-0.3, -0.25) is 4.79 Å². The first-order chi connectivity index (χ1) is 13.8. The lowest BCUT2D eigenvalue weighted by Gasteiger charge is -2.44. The SMILES string of the molecule is C=CCCCCCCCN(C(=O)C1CCCC2CCCCC21)C1CCCCC1. The Balaban J connectivity index is 1.55. The van der Waals surface area contributed by atoms with Gasteiger partial charge in [0.2, 0.25) is 5.91 Å². The van der Waals surface area contributed by atoms with Crippen molar-refractivity contribution in [1.82, 2.24) is 4.90 Å². The van der Waals surface area contributed by atoms with E-state index in [0.717, 1.165) is 18.9 Å². The highest BCUT2D eigenvalue weighted by Gasteiger charge is 2.41. The molecule has 0 aromatic heterocycles. The Morgan fingerprint density at radius 3 is 2.29 bits per heavy atom. The Kier molecular flexibility index (Phi) is 9.41. The molecule has 3 unspecified atom stereocenters. The Morgan fingerprint density at radius 1 is 0.786 bits per heavy atom. The fourth-order valence-electron chi connectivity index (χ4n) is 6.42. The highest BCUT2D eigenvalue weighted by atomic mass is 16.2. The number of nitrogens with zero attached hydrogens (tertiary/aromatic N) is 1. The van der Waals surface area contributed by atoms with E-state index < -0.39 is 0 Å². The van der Waals surface area contributed by atoms with Gasteiger partial charge in [-0.15, -0.1) is 6.58 Å². The molecule has 28 heavy (non-hydrogen) atoms. The second-order valence-corrected chi connectivity index (χ2v) is 9.91.